The van der Waals surface area contributed by atoms with E-state index in [1.54, 1.807) is 12.4 Å². The molecule has 0 amide bonds. The molecular formula is C15H11F2N3S. The van der Waals surface area contributed by atoms with Gasteiger partial charge >= 0.3 is 0 Å². The molecule has 1 aromatic heterocycles. The lowest BCUT2D eigenvalue weighted by Gasteiger charge is -2.06. The number of hydrogen-bond acceptors (Lipinski definition) is 3. The van der Waals surface area contributed by atoms with Crippen molar-refractivity contribution in [3.05, 3.63) is 72.1 Å². The summed E-state index contributed by atoms with van der Waals surface area (Å²) in [5, 5.41) is 8.52. The molecule has 0 fully saturated rings. The van der Waals surface area contributed by atoms with Gasteiger partial charge < -0.3 is 0 Å². The molecule has 0 radical (unpaired) electrons. The Bertz CT molecular complexity index is 744. The van der Waals surface area contributed by atoms with E-state index in [9.17, 15) is 8.78 Å². The second kappa shape index (κ2) is 6.05. The minimum atomic E-state index is -0.836. The van der Waals surface area contributed by atoms with Crippen molar-refractivity contribution in [3.8, 4) is 5.69 Å². The lowest BCUT2D eigenvalue weighted by Crippen LogP contribution is -1.96. The van der Waals surface area contributed by atoms with Crippen LogP contribution in [-0.2, 0) is 5.75 Å². The predicted molar refractivity (Wildman–Crippen MR) is 77.3 cm³/mol. The van der Waals surface area contributed by atoms with Crippen LogP contribution in [0.4, 0.5) is 8.78 Å². The average Bonchev–Trinajstić information content (AvgIpc) is 2.98. The number of halogens is 2. The fraction of sp³-hybridized carbons (Fsp3) is 0.0667. The molecule has 21 heavy (non-hydrogen) atoms. The SMILES string of the molecule is Fc1cccc(CSc2nncn2-c2ccccc2)c1F. The Morgan fingerprint density at radius 1 is 1.00 bits per heavy atom. The minimum Gasteiger partial charge on any atom is -0.277 e. The van der Waals surface area contributed by atoms with Gasteiger partial charge in [-0.2, -0.15) is 0 Å². The largest absolute Gasteiger partial charge is 0.277 e. The molecule has 0 bridgehead atoms. The smallest absolute Gasteiger partial charge is 0.195 e. The highest BCUT2D eigenvalue weighted by atomic mass is 32.2. The molecule has 0 saturated carbocycles. The fourth-order valence-corrected chi connectivity index (χ4v) is 2.79. The third-order valence-electron chi connectivity index (χ3n) is 2.94. The summed E-state index contributed by atoms with van der Waals surface area (Å²) < 4.78 is 28.6. The summed E-state index contributed by atoms with van der Waals surface area (Å²) in [6.07, 6.45) is 1.60. The van der Waals surface area contributed by atoms with Crippen LogP contribution in [-0.4, -0.2) is 14.8 Å². The number of benzene rings is 2. The molecule has 0 aliphatic rings. The predicted octanol–water partition coefficient (Wildman–Crippen LogP) is 3.84. The summed E-state index contributed by atoms with van der Waals surface area (Å²) in [7, 11) is 0. The van der Waals surface area contributed by atoms with Crippen LogP contribution in [0, 0.1) is 11.6 Å². The first-order valence-corrected chi connectivity index (χ1v) is 7.25. The van der Waals surface area contributed by atoms with E-state index in [1.807, 2.05) is 34.9 Å². The fourth-order valence-electron chi connectivity index (χ4n) is 1.89. The average molecular weight is 303 g/mol. The number of aromatic nitrogens is 3. The van der Waals surface area contributed by atoms with Gasteiger partial charge in [-0.05, 0) is 18.2 Å². The van der Waals surface area contributed by atoms with Crippen molar-refractivity contribution in [2.24, 2.45) is 0 Å². The van der Waals surface area contributed by atoms with Crippen LogP contribution < -0.4 is 0 Å². The van der Waals surface area contributed by atoms with E-state index in [0.29, 0.717) is 10.7 Å². The number of hydrogen-bond donors (Lipinski definition) is 0. The Kier molecular flexibility index (Phi) is 3.96. The van der Waals surface area contributed by atoms with Crippen LogP contribution in [0.3, 0.4) is 0 Å². The second-order valence-corrected chi connectivity index (χ2v) is 5.26. The van der Waals surface area contributed by atoms with Crippen molar-refractivity contribution in [3.63, 3.8) is 0 Å². The first-order valence-electron chi connectivity index (χ1n) is 6.27. The highest BCUT2D eigenvalue weighted by molar-refractivity contribution is 7.98. The summed E-state index contributed by atoms with van der Waals surface area (Å²) in [5.74, 6) is -1.36. The van der Waals surface area contributed by atoms with Gasteiger partial charge in [0.15, 0.2) is 16.8 Å². The molecule has 3 rings (SSSR count). The molecule has 0 atom stereocenters. The Labute approximate surface area is 124 Å². The van der Waals surface area contributed by atoms with Crippen LogP contribution >= 0.6 is 11.8 Å². The summed E-state index contributed by atoms with van der Waals surface area (Å²) in [5.41, 5.74) is 1.23. The van der Waals surface area contributed by atoms with E-state index in [4.69, 9.17) is 0 Å². The van der Waals surface area contributed by atoms with Crippen molar-refractivity contribution in [2.45, 2.75) is 10.9 Å². The van der Waals surface area contributed by atoms with E-state index in [1.165, 1.54) is 17.8 Å². The molecule has 6 heteroatoms. The van der Waals surface area contributed by atoms with Crippen LogP contribution in [0.15, 0.2) is 60.0 Å². The zero-order chi connectivity index (χ0) is 14.7. The molecule has 0 aliphatic heterocycles. The van der Waals surface area contributed by atoms with E-state index in [2.05, 4.69) is 10.2 Å². The van der Waals surface area contributed by atoms with E-state index in [0.717, 1.165) is 11.8 Å². The molecule has 0 N–H and O–H groups in total. The zero-order valence-electron chi connectivity index (χ0n) is 10.9. The maximum atomic E-state index is 13.6. The molecule has 0 spiro atoms. The standard InChI is InChI=1S/C15H11F2N3S/c16-13-8-4-5-11(14(13)17)9-21-15-19-18-10-20(15)12-6-2-1-3-7-12/h1-8,10H,9H2. The van der Waals surface area contributed by atoms with Crippen molar-refractivity contribution in [2.75, 3.05) is 0 Å². The number of thioether (sulfide) groups is 1. The maximum Gasteiger partial charge on any atom is 0.195 e. The zero-order valence-corrected chi connectivity index (χ0v) is 11.7. The molecule has 0 saturated heterocycles. The molecule has 0 unspecified atom stereocenters. The Morgan fingerprint density at radius 3 is 2.62 bits per heavy atom. The number of para-hydroxylation sites is 1. The Morgan fingerprint density at radius 2 is 1.81 bits per heavy atom. The van der Waals surface area contributed by atoms with Crippen LogP contribution in [0.1, 0.15) is 5.56 Å². The third kappa shape index (κ3) is 2.95. The third-order valence-corrected chi connectivity index (χ3v) is 3.93. The van der Waals surface area contributed by atoms with Gasteiger partial charge in [0, 0.05) is 17.0 Å². The Hall–Kier alpha value is -2.21. The van der Waals surface area contributed by atoms with Crippen molar-refractivity contribution in [1.29, 1.82) is 0 Å². The van der Waals surface area contributed by atoms with Crippen molar-refractivity contribution >= 4 is 11.8 Å². The number of rotatable bonds is 4. The van der Waals surface area contributed by atoms with E-state index >= 15 is 0 Å². The van der Waals surface area contributed by atoms with Crippen LogP contribution in [0.25, 0.3) is 5.69 Å². The van der Waals surface area contributed by atoms with Gasteiger partial charge in [0.25, 0.3) is 0 Å². The van der Waals surface area contributed by atoms with Crippen LogP contribution in [0.5, 0.6) is 0 Å². The Balaban J connectivity index is 1.81. The molecule has 3 nitrogen and oxygen atoms in total. The molecule has 2 aromatic carbocycles. The highest BCUT2D eigenvalue weighted by Gasteiger charge is 2.11. The number of nitrogens with zero attached hydrogens (tertiary/aromatic N) is 3. The summed E-state index contributed by atoms with van der Waals surface area (Å²) in [4.78, 5) is 0. The van der Waals surface area contributed by atoms with E-state index in [-0.39, 0.29) is 5.75 Å². The summed E-state index contributed by atoms with van der Waals surface area (Å²) in [6.45, 7) is 0. The second-order valence-electron chi connectivity index (χ2n) is 4.32. The first-order chi connectivity index (χ1) is 10.3. The normalized spacial score (nSPS) is 10.8. The first kappa shape index (κ1) is 13.8. The van der Waals surface area contributed by atoms with Gasteiger partial charge in [-0.3, -0.25) is 4.57 Å². The van der Waals surface area contributed by atoms with Gasteiger partial charge in [0.1, 0.15) is 6.33 Å². The quantitative estimate of drug-likeness (QED) is 0.686. The molecular weight excluding hydrogens is 292 g/mol. The molecule has 0 aliphatic carbocycles. The van der Waals surface area contributed by atoms with Gasteiger partial charge in [0.05, 0.1) is 0 Å². The van der Waals surface area contributed by atoms with E-state index < -0.39 is 11.6 Å². The van der Waals surface area contributed by atoms with Crippen LogP contribution in [0.2, 0.25) is 0 Å². The van der Waals surface area contributed by atoms with Crippen molar-refractivity contribution in [1.82, 2.24) is 14.8 Å². The van der Waals surface area contributed by atoms with Gasteiger partial charge in [-0.15, -0.1) is 10.2 Å². The molecule has 3 aromatic rings. The summed E-state index contributed by atoms with van der Waals surface area (Å²) >= 11 is 1.31. The monoisotopic (exact) mass is 303 g/mol. The molecule has 1 heterocycles. The minimum absolute atomic E-state index is 0.287. The van der Waals surface area contributed by atoms with Gasteiger partial charge in [-0.25, -0.2) is 8.78 Å². The highest BCUT2D eigenvalue weighted by Crippen LogP contribution is 2.25. The van der Waals surface area contributed by atoms with Gasteiger partial charge in [0.2, 0.25) is 0 Å². The topological polar surface area (TPSA) is 30.7 Å². The summed E-state index contributed by atoms with van der Waals surface area (Å²) in [6, 6.07) is 13.8. The maximum absolute atomic E-state index is 13.6. The lowest BCUT2D eigenvalue weighted by atomic mass is 10.2. The molecule has 106 valence electrons. The lowest BCUT2D eigenvalue weighted by molar-refractivity contribution is 0.502. The van der Waals surface area contributed by atoms with Crippen molar-refractivity contribution < 1.29 is 8.78 Å². The van der Waals surface area contributed by atoms with Gasteiger partial charge in [-0.1, -0.05) is 42.1 Å².